The Labute approximate surface area is 102 Å². The summed E-state index contributed by atoms with van der Waals surface area (Å²) in [4.78, 5) is 10.8. The number of hydrogen-bond donors (Lipinski definition) is 1. The lowest BCUT2D eigenvalue weighted by Gasteiger charge is -2.10. The summed E-state index contributed by atoms with van der Waals surface area (Å²) in [5, 5.41) is 2.55. The van der Waals surface area contributed by atoms with Gasteiger partial charge in [-0.05, 0) is 17.7 Å². The maximum absolute atomic E-state index is 12.0. The van der Waals surface area contributed by atoms with Gasteiger partial charge >= 0.3 is 12.7 Å². The number of carbonyl (C=O) groups is 1. The molecule has 1 aliphatic rings. The summed E-state index contributed by atoms with van der Waals surface area (Å²) in [7, 11) is 0. The first-order chi connectivity index (χ1) is 7.65. The standard InChI is InChI=1S/C10H9F2NO3.ClH/c11-9(12)16-7-3-1-2-6(4-7)8-5-15-10(14)13-8;/h1-4,8-9H,5H2,(H,13,14);1H/t8-;/m1./s1. The smallest absolute Gasteiger partial charge is 0.407 e. The largest absolute Gasteiger partial charge is 0.447 e. The fourth-order valence-corrected chi connectivity index (χ4v) is 1.47. The number of ether oxygens (including phenoxy) is 2. The Balaban J connectivity index is 0.00000144. The van der Waals surface area contributed by atoms with Crippen molar-refractivity contribution in [3.05, 3.63) is 29.8 Å². The van der Waals surface area contributed by atoms with Gasteiger partial charge in [-0.3, -0.25) is 0 Å². The lowest BCUT2D eigenvalue weighted by Crippen LogP contribution is -2.18. The van der Waals surface area contributed by atoms with E-state index < -0.39 is 12.7 Å². The van der Waals surface area contributed by atoms with E-state index in [2.05, 4.69) is 10.1 Å². The number of alkyl halides is 2. The summed E-state index contributed by atoms with van der Waals surface area (Å²) >= 11 is 0. The first kappa shape index (κ1) is 13.5. The van der Waals surface area contributed by atoms with Crippen molar-refractivity contribution in [1.29, 1.82) is 0 Å². The number of nitrogens with one attached hydrogen (secondary N) is 1. The molecule has 0 saturated carbocycles. The maximum atomic E-state index is 12.0. The third-order valence-electron chi connectivity index (χ3n) is 2.16. The number of halogens is 3. The Hall–Kier alpha value is -1.56. The number of cyclic esters (lactones) is 1. The highest BCUT2D eigenvalue weighted by atomic mass is 35.5. The molecule has 1 aromatic carbocycles. The second-order valence-electron chi connectivity index (χ2n) is 3.25. The van der Waals surface area contributed by atoms with Crippen LogP contribution in [0.25, 0.3) is 0 Å². The molecule has 1 N–H and O–H groups in total. The number of hydrogen-bond acceptors (Lipinski definition) is 3. The van der Waals surface area contributed by atoms with Crippen LogP contribution < -0.4 is 10.1 Å². The van der Waals surface area contributed by atoms with Crippen molar-refractivity contribution in [2.24, 2.45) is 0 Å². The monoisotopic (exact) mass is 265 g/mol. The van der Waals surface area contributed by atoms with Crippen LogP contribution in [0.1, 0.15) is 11.6 Å². The van der Waals surface area contributed by atoms with Gasteiger partial charge in [0.1, 0.15) is 12.4 Å². The van der Waals surface area contributed by atoms with E-state index in [9.17, 15) is 13.6 Å². The zero-order valence-corrected chi connectivity index (χ0v) is 9.38. The molecule has 4 nitrogen and oxygen atoms in total. The zero-order chi connectivity index (χ0) is 11.5. The van der Waals surface area contributed by atoms with Crippen molar-refractivity contribution in [1.82, 2.24) is 5.32 Å². The van der Waals surface area contributed by atoms with Gasteiger partial charge < -0.3 is 14.8 Å². The SMILES string of the molecule is Cl.O=C1N[C@@H](c2cccc(OC(F)F)c2)CO1. The van der Waals surface area contributed by atoms with Gasteiger partial charge in [0.05, 0.1) is 6.04 Å². The Morgan fingerprint density at radius 2 is 2.24 bits per heavy atom. The third-order valence-corrected chi connectivity index (χ3v) is 2.16. The van der Waals surface area contributed by atoms with E-state index in [1.165, 1.54) is 12.1 Å². The maximum Gasteiger partial charge on any atom is 0.407 e. The molecule has 0 radical (unpaired) electrons. The molecule has 1 fully saturated rings. The van der Waals surface area contributed by atoms with Crippen molar-refractivity contribution in [2.75, 3.05) is 6.61 Å². The Kier molecular flexibility index (Phi) is 4.51. The van der Waals surface area contributed by atoms with Gasteiger partial charge in [0.15, 0.2) is 0 Å². The molecule has 0 spiro atoms. The van der Waals surface area contributed by atoms with Gasteiger partial charge in [-0.15, -0.1) is 12.4 Å². The van der Waals surface area contributed by atoms with Crippen molar-refractivity contribution < 1.29 is 23.0 Å². The quantitative estimate of drug-likeness (QED) is 0.913. The molecule has 1 atom stereocenters. The summed E-state index contributed by atoms with van der Waals surface area (Å²) in [6.07, 6.45) is -0.509. The minimum Gasteiger partial charge on any atom is -0.447 e. The predicted molar refractivity (Wildman–Crippen MR) is 57.5 cm³/mol. The second-order valence-corrected chi connectivity index (χ2v) is 3.25. The molecule has 7 heteroatoms. The van der Waals surface area contributed by atoms with Crippen LogP contribution in [0.15, 0.2) is 24.3 Å². The van der Waals surface area contributed by atoms with Crippen LogP contribution in [-0.2, 0) is 4.74 Å². The molecule has 2 rings (SSSR count). The normalized spacial score (nSPS) is 18.3. The number of benzene rings is 1. The summed E-state index contributed by atoms with van der Waals surface area (Å²) in [6.45, 7) is -2.67. The average Bonchev–Trinajstić information content (AvgIpc) is 2.64. The third kappa shape index (κ3) is 3.45. The number of rotatable bonds is 3. The van der Waals surface area contributed by atoms with Crippen LogP contribution in [-0.4, -0.2) is 19.3 Å². The predicted octanol–water partition coefficient (Wildman–Crippen LogP) is 2.49. The van der Waals surface area contributed by atoms with E-state index in [-0.39, 0.29) is 30.8 Å². The van der Waals surface area contributed by atoms with Crippen molar-refractivity contribution in [3.8, 4) is 5.75 Å². The summed E-state index contributed by atoms with van der Waals surface area (Å²) in [5.41, 5.74) is 0.670. The molecule has 1 saturated heterocycles. The van der Waals surface area contributed by atoms with Crippen LogP contribution >= 0.6 is 12.4 Å². The molecule has 1 amide bonds. The second kappa shape index (κ2) is 5.67. The van der Waals surface area contributed by atoms with E-state index in [1.54, 1.807) is 12.1 Å². The van der Waals surface area contributed by atoms with Crippen LogP contribution in [0.3, 0.4) is 0 Å². The fraction of sp³-hybridized carbons (Fsp3) is 0.300. The van der Waals surface area contributed by atoms with Gasteiger partial charge in [0.2, 0.25) is 0 Å². The molecule has 0 bridgehead atoms. The molecule has 0 aromatic heterocycles. The topological polar surface area (TPSA) is 47.6 Å². The highest BCUT2D eigenvalue weighted by Gasteiger charge is 2.24. The summed E-state index contributed by atoms with van der Waals surface area (Å²) in [6, 6.07) is 5.85. The lowest BCUT2D eigenvalue weighted by atomic mass is 10.1. The molecule has 1 aliphatic heterocycles. The number of carbonyl (C=O) groups excluding carboxylic acids is 1. The van der Waals surface area contributed by atoms with Crippen LogP contribution in [0.5, 0.6) is 5.75 Å². The van der Waals surface area contributed by atoms with Gasteiger partial charge in [0, 0.05) is 0 Å². The minimum absolute atomic E-state index is 0. The molecular formula is C10H10ClF2NO3. The summed E-state index contributed by atoms with van der Waals surface area (Å²) in [5.74, 6) is 0.0636. The van der Waals surface area contributed by atoms with Gasteiger partial charge in [0.25, 0.3) is 0 Å². The highest BCUT2D eigenvalue weighted by Crippen LogP contribution is 2.23. The van der Waals surface area contributed by atoms with Crippen molar-refractivity contribution >= 4 is 18.5 Å². The zero-order valence-electron chi connectivity index (χ0n) is 8.56. The van der Waals surface area contributed by atoms with Crippen LogP contribution in [0.4, 0.5) is 13.6 Å². The molecule has 0 unspecified atom stereocenters. The van der Waals surface area contributed by atoms with Gasteiger partial charge in [-0.2, -0.15) is 8.78 Å². The molecule has 17 heavy (non-hydrogen) atoms. The molecule has 1 aromatic rings. The van der Waals surface area contributed by atoms with E-state index in [0.29, 0.717) is 5.56 Å². The van der Waals surface area contributed by atoms with Crippen LogP contribution in [0, 0.1) is 0 Å². The van der Waals surface area contributed by atoms with Crippen molar-refractivity contribution in [3.63, 3.8) is 0 Å². The van der Waals surface area contributed by atoms with Crippen LogP contribution in [0.2, 0.25) is 0 Å². The van der Waals surface area contributed by atoms with E-state index in [0.717, 1.165) is 0 Å². The Morgan fingerprint density at radius 3 is 2.82 bits per heavy atom. The van der Waals surface area contributed by atoms with E-state index in [4.69, 9.17) is 4.74 Å². The Bertz CT molecular complexity index is 403. The molecule has 94 valence electrons. The Morgan fingerprint density at radius 1 is 1.47 bits per heavy atom. The first-order valence-corrected chi connectivity index (χ1v) is 4.63. The fourth-order valence-electron chi connectivity index (χ4n) is 1.47. The van der Waals surface area contributed by atoms with Crippen molar-refractivity contribution in [2.45, 2.75) is 12.7 Å². The average molecular weight is 266 g/mol. The van der Waals surface area contributed by atoms with E-state index in [1.807, 2.05) is 0 Å². The van der Waals surface area contributed by atoms with E-state index >= 15 is 0 Å². The molecular weight excluding hydrogens is 256 g/mol. The first-order valence-electron chi connectivity index (χ1n) is 4.63. The highest BCUT2D eigenvalue weighted by molar-refractivity contribution is 5.85. The minimum atomic E-state index is -2.86. The van der Waals surface area contributed by atoms with Gasteiger partial charge in [-0.25, -0.2) is 4.79 Å². The number of amides is 1. The lowest BCUT2D eigenvalue weighted by molar-refractivity contribution is -0.0499. The molecule has 1 heterocycles. The summed E-state index contributed by atoms with van der Waals surface area (Å²) < 4.78 is 32.9. The van der Waals surface area contributed by atoms with Gasteiger partial charge in [-0.1, -0.05) is 12.1 Å². The number of alkyl carbamates (subject to hydrolysis) is 1. The molecule has 0 aliphatic carbocycles.